The third-order valence-electron chi connectivity index (χ3n) is 4.96. The number of nitrogens with one attached hydrogen (secondary N) is 2. The van der Waals surface area contributed by atoms with Gasteiger partial charge in [0, 0.05) is 23.5 Å². The highest BCUT2D eigenvalue weighted by Crippen LogP contribution is 2.32. The Morgan fingerprint density at radius 1 is 1.32 bits per heavy atom. The lowest BCUT2D eigenvalue weighted by molar-refractivity contribution is 0.333. The number of aromatic amines is 1. The fraction of sp³-hybridized carbons (Fsp3) is 0.421. The molecular formula is C19H22N4O2. The third-order valence-corrected chi connectivity index (χ3v) is 4.96. The van der Waals surface area contributed by atoms with Crippen LogP contribution in [0.3, 0.4) is 0 Å². The van der Waals surface area contributed by atoms with E-state index in [-0.39, 0.29) is 11.6 Å². The van der Waals surface area contributed by atoms with Gasteiger partial charge in [-0.3, -0.25) is 4.79 Å². The summed E-state index contributed by atoms with van der Waals surface area (Å²) in [7, 11) is 0. The second-order valence-electron chi connectivity index (χ2n) is 6.79. The number of aromatic nitrogens is 3. The maximum atomic E-state index is 12.1. The van der Waals surface area contributed by atoms with Gasteiger partial charge in [-0.15, -0.1) is 0 Å². The third kappa shape index (κ3) is 3.35. The summed E-state index contributed by atoms with van der Waals surface area (Å²) in [5.74, 6) is 1.88. The molecule has 1 saturated carbocycles. The average Bonchev–Trinajstić information content (AvgIpc) is 3.31. The van der Waals surface area contributed by atoms with Gasteiger partial charge in [0.25, 0.3) is 5.56 Å². The Bertz CT molecular complexity index is 924. The number of H-pyrrole nitrogens is 1. The molecule has 0 aliphatic heterocycles. The van der Waals surface area contributed by atoms with Crippen LogP contribution in [0.4, 0.5) is 0 Å². The van der Waals surface area contributed by atoms with Crippen molar-refractivity contribution in [3.8, 4) is 0 Å². The summed E-state index contributed by atoms with van der Waals surface area (Å²) in [5, 5.41) is 9.14. The predicted octanol–water partition coefficient (Wildman–Crippen LogP) is 3.42. The molecule has 1 aromatic carbocycles. The highest BCUT2D eigenvalue weighted by molar-refractivity contribution is 5.81. The summed E-state index contributed by atoms with van der Waals surface area (Å²) in [4.78, 5) is 19.6. The molecule has 1 atom stereocenters. The number of fused-ring (bicyclic) bond motifs is 1. The van der Waals surface area contributed by atoms with Crippen LogP contribution in [0.2, 0.25) is 0 Å². The highest BCUT2D eigenvalue weighted by atomic mass is 16.5. The lowest BCUT2D eigenvalue weighted by Crippen LogP contribution is -2.21. The van der Waals surface area contributed by atoms with Crippen molar-refractivity contribution in [2.75, 3.05) is 0 Å². The molecule has 3 aromatic rings. The Hall–Kier alpha value is -2.47. The van der Waals surface area contributed by atoms with Gasteiger partial charge in [-0.25, -0.2) is 0 Å². The average molecular weight is 338 g/mol. The zero-order valence-electron chi connectivity index (χ0n) is 14.3. The first-order valence-electron chi connectivity index (χ1n) is 8.88. The quantitative estimate of drug-likeness (QED) is 0.745. The van der Waals surface area contributed by atoms with E-state index in [9.17, 15) is 4.79 Å². The summed E-state index contributed by atoms with van der Waals surface area (Å²) in [5.41, 5.74) is 0.773. The first-order chi connectivity index (χ1) is 12.2. The lowest BCUT2D eigenvalue weighted by Gasteiger charge is -2.10. The van der Waals surface area contributed by atoms with Gasteiger partial charge in [-0.1, -0.05) is 36.2 Å². The maximum absolute atomic E-state index is 12.1. The molecule has 1 aliphatic rings. The van der Waals surface area contributed by atoms with Crippen LogP contribution in [-0.2, 0) is 6.54 Å². The molecule has 2 heterocycles. The van der Waals surface area contributed by atoms with Crippen LogP contribution in [-0.4, -0.2) is 15.1 Å². The molecule has 4 rings (SSSR count). The minimum absolute atomic E-state index is 0.0659. The van der Waals surface area contributed by atoms with Crippen LogP contribution < -0.4 is 10.9 Å². The van der Waals surface area contributed by atoms with Crippen molar-refractivity contribution in [3.05, 3.63) is 58.1 Å². The van der Waals surface area contributed by atoms with Crippen LogP contribution >= 0.6 is 0 Å². The first kappa shape index (κ1) is 16.0. The molecule has 2 aromatic heterocycles. The van der Waals surface area contributed by atoms with E-state index in [1.54, 1.807) is 0 Å². The van der Waals surface area contributed by atoms with E-state index in [1.807, 2.05) is 37.3 Å². The first-order valence-corrected chi connectivity index (χ1v) is 8.88. The van der Waals surface area contributed by atoms with Crippen molar-refractivity contribution in [2.45, 2.75) is 51.1 Å². The fourth-order valence-corrected chi connectivity index (χ4v) is 3.49. The number of pyridine rings is 1. The van der Waals surface area contributed by atoms with Crippen LogP contribution in [0.1, 0.15) is 62.0 Å². The summed E-state index contributed by atoms with van der Waals surface area (Å²) in [6.07, 6.45) is 4.80. The SMILES string of the molecule is CC(NCc1cc2ccccc2c(=O)[nH]1)c1nc(C2CCCC2)no1. The Morgan fingerprint density at radius 2 is 2.12 bits per heavy atom. The predicted molar refractivity (Wildman–Crippen MR) is 95.3 cm³/mol. The summed E-state index contributed by atoms with van der Waals surface area (Å²) in [6, 6.07) is 9.51. The summed E-state index contributed by atoms with van der Waals surface area (Å²) < 4.78 is 5.43. The van der Waals surface area contributed by atoms with E-state index in [4.69, 9.17) is 4.52 Å². The van der Waals surface area contributed by atoms with Gasteiger partial charge in [0.1, 0.15) is 0 Å². The van der Waals surface area contributed by atoms with E-state index in [0.29, 0.717) is 23.7 Å². The van der Waals surface area contributed by atoms with Crippen molar-refractivity contribution in [2.24, 2.45) is 0 Å². The van der Waals surface area contributed by atoms with Gasteiger partial charge in [0.15, 0.2) is 5.82 Å². The Balaban J connectivity index is 1.45. The number of hydrogen-bond acceptors (Lipinski definition) is 5. The van der Waals surface area contributed by atoms with Crippen molar-refractivity contribution < 1.29 is 4.52 Å². The molecule has 0 bridgehead atoms. The topological polar surface area (TPSA) is 83.8 Å². The molecular weight excluding hydrogens is 316 g/mol. The fourth-order valence-electron chi connectivity index (χ4n) is 3.49. The van der Waals surface area contributed by atoms with Crippen molar-refractivity contribution in [1.82, 2.24) is 20.4 Å². The number of nitrogens with zero attached hydrogens (tertiary/aromatic N) is 2. The monoisotopic (exact) mass is 338 g/mol. The zero-order chi connectivity index (χ0) is 17.2. The van der Waals surface area contributed by atoms with E-state index >= 15 is 0 Å². The van der Waals surface area contributed by atoms with Gasteiger partial charge in [-0.2, -0.15) is 4.98 Å². The van der Waals surface area contributed by atoms with Crippen LogP contribution in [0.5, 0.6) is 0 Å². The Morgan fingerprint density at radius 3 is 2.96 bits per heavy atom. The normalized spacial score (nSPS) is 16.5. The molecule has 130 valence electrons. The van der Waals surface area contributed by atoms with Crippen LogP contribution in [0.25, 0.3) is 10.8 Å². The van der Waals surface area contributed by atoms with Crippen LogP contribution in [0, 0.1) is 0 Å². The largest absolute Gasteiger partial charge is 0.338 e. The molecule has 1 fully saturated rings. The summed E-state index contributed by atoms with van der Waals surface area (Å²) >= 11 is 0. The second-order valence-corrected chi connectivity index (χ2v) is 6.79. The molecule has 0 amide bonds. The van der Waals surface area contributed by atoms with Crippen molar-refractivity contribution >= 4 is 10.8 Å². The Kier molecular flexibility index (Phi) is 4.36. The lowest BCUT2D eigenvalue weighted by atomic mass is 10.1. The van der Waals surface area contributed by atoms with E-state index < -0.39 is 0 Å². The molecule has 6 heteroatoms. The maximum Gasteiger partial charge on any atom is 0.256 e. The van der Waals surface area contributed by atoms with Gasteiger partial charge in [0.2, 0.25) is 5.89 Å². The van der Waals surface area contributed by atoms with Crippen molar-refractivity contribution in [1.29, 1.82) is 0 Å². The highest BCUT2D eigenvalue weighted by Gasteiger charge is 2.23. The molecule has 2 N–H and O–H groups in total. The van der Waals surface area contributed by atoms with Gasteiger partial charge < -0.3 is 14.8 Å². The molecule has 0 radical (unpaired) electrons. The number of rotatable bonds is 5. The van der Waals surface area contributed by atoms with Gasteiger partial charge in [-0.05, 0) is 37.3 Å². The minimum atomic E-state index is -0.0716. The second kappa shape index (κ2) is 6.80. The standard InChI is InChI=1S/C19H22N4O2/c1-12(19-22-17(23-25-19)13-6-2-3-7-13)20-11-15-10-14-8-4-5-9-16(14)18(24)21-15/h4-5,8-10,12-13,20H,2-3,6-7,11H2,1H3,(H,21,24). The van der Waals surface area contributed by atoms with E-state index in [0.717, 1.165) is 29.7 Å². The number of hydrogen-bond donors (Lipinski definition) is 2. The van der Waals surface area contributed by atoms with Gasteiger partial charge >= 0.3 is 0 Å². The van der Waals surface area contributed by atoms with Gasteiger partial charge in [0.05, 0.1) is 6.04 Å². The molecule has 0 spiro atoms. The zero-order valence-corrected chi connectivity index (χ0v) is 14.3. The smallest absolute Gasteiger partial charge is 0.256 e. The Labute approximate surface area is 145 Å². The molecule has 1 unspecified atom stereocenters. The number of benzene rings is 1. The van der Waals surface area contributed by atoms with Crippen molar-refractivity contribution in [3.63, 3.8) is 0 Å². The molecule has 6 nitrogen and oxygen atoms in total. The van der Waals surface area contributed by atoms with E-state index in [2.05, 4.69) is 20.4 Å². The summed E-state index contributed by atoms with van der Waals surface area (Å²) in [6.45, 7) is 2.52. The van der Waals surface area contributed by atoms with Crippen LogP contribution in [0.15, 0.2) is 39.6 Å². The molecule has 25 heavy (non-hydrogen) atoms. The van der Waals surface area contributed by atoms with E-state index in [1.165, 1.54) is 12.8 Å². The minimum Gasteiger partial charge on any atom is -0.338 e. The molecule has 0 saturated heterocycles. The molecule has 1 aliphatic carbocycles.